The van der Waals surface area contributed by atoms with Crippen LogP contribution in [0.15, 0.2) is 6.20 Å². The van der Waals surface area contributed by atoms with E-state index in [1.165, 1.54) is 0 Å². The monoisotopic (exact) mass is 267 g/mol. The molecule has 1 aromatic heterocycles. The van der Waals surface area contributed by atoms with E-state index in [9.17, 15) is 10.1 Å². The Labute approximate surface area is 113 Å². The third-order valence-corrected chi connectivity index (χ3v) is 3.00. The molecule has 0 bridgehead atoms. The molecule has 0 aliphatic heterocycles. The molecule has 1 heterocycles. The average Bonchev–Trinajstić information content (AvgIpc) is 2.35. The summed E-state index contributed by atoms with van der Waals surface area (Å²) in [7, 11) is 1.69. The van der Waals surface area contributed by atoms with Crippen molar-refractivity contribution in [3.63, 3.8) is 0 Å². The number of aromatic nitrogens is 1. The Balaban J connectivity index is 2.55. The van der Waals surface area contributed by atoms with Crippen LogP contribution in [0.1, 0.15) is 29.7 Å². The second kappa shape index (κ2) is 7.81. The zero-order valence-corrected chi connectivity index (χ0v) is 11.7. The Kier molecular flexibility index (Phi) is 6.38. The second-order valence-electron chi connectivity index (χ2n) is 4.50. The minimum atomic E-state index is -0.339. The van der Waals surface area contributed by atoms with Crippen molar-refractivity contribution in [2.24, 2.45) is 0 Å². The van der Waals surface area contributed by atoms with Gasteiger partial charge >= 0.3 is 0 Å². The van der Waals surface area contributed by atoms with Gasteiger partial charge in [0.05, 0.1) is 10.6 Å². The standard InChI is InChI=1S/C13H21N3O3/c1-10-8-15-12(11(2)13(10)16(17)18)9-14-6-4-5-7-19-3/h8,14H,4-7,9H2,1-3H3. The maximum absolute atomic E-state index is 11.0. The topological polar surface area (TPSA) is 77.3 Å². The lowest BCUT2D eigenvalue weighted by Crippen LogP contribution is -2.17. The van der Waals surface area contributed by atoms with Gasteiger partial charge in [-0.25, -0.2) is 0 Å². The van der Waals surface area contributed by atoms with E-state index in [0.29, 0.717) is 17.7 Å². The normalized spacial score (nSPS) is 10.7. The summed E-state index contributed by atoms with van der Waals surface area (Å²) in [4.78, 5) is 14.9. The van der Waals surface area contributed by atoms with Crippen molar-refractivity contribution < 1.29 is 9.66 Å². The quantitative estimate of drug-likeness (QED) is 0.443. The first-order valence-electron chi connectivity index (χ1n) is 6.37. The third kappa shape index (κ3) is 4.57. The van der Waals surface area contributed by atoms with E-state index < -0.39 is 0 Å². The number of unbranched alkanes of at least 4 members (excludes halogenated alkanes) is 1. The number of pyridine rings is 1. The van der Waals surface area contributed by atoms with E-state index in [0.717, 1.165) is 31.7 Å². The molecular formula is C13H21N3O3. The van der Waals surface area contributed by atoms with E-state index in [2.05, 4.69) is 10.3 Å². The predicted molar refractivity (Wildman–Crippen MR) is 73.2 cm³/mol. The van der Waals surface area contributed by atoms with Crippen molar-refractivity contribution in [1.82, 2.24) is 10.3 Å². The number of nitrogens with zero attached hydrogens (tertiary/aromatic N) is 2. The Morgan fingerprint density at radius 1 is 1.42 bits per heavy atom. The summed E-state index contributed by atoms with van der Waals surface area (Å²) in [5, 5.41) is 14.2. The van der Waals surface area contributed by atoms with Gasteiger partial charge in [-0.05, 0) is 33.2 Å². The van der Waals surface area contributed by atoms with Gasteiger partial charge in [0.25, 0.3) is 5.69 Å². The molecule has 0 amide bonds. The highest BCUT2D eigenvalue weighted by atomic mass is 16.6. The van der Waals surface area contributed by atoms with Crippen LogP contribution >= 0.6 is 0 Å². The highest BCUT2D eigenvalue weighted by molar-refractivity contribution is 5.47. The van der Waals surface area contributed by atoms with Crippen LogP contribution in [0.4, 0.5) is 5.69 Å². The number of nitrogens with one attached hydrogen (secondary N) is 1. The Hall–Kier alpha value is -1.53. The number of rotatable bonds is 8. The molecule has 0 aromatic carbocycles. The van der Waals surface area contributed by atoms with Crippen LogP contribution in [-0.4, -0.2) is 30.2 Å². The third-order valence-electron chi connectivity index (χ3n) is 3.00. The highest BCUT2D eigenvalue weighted by Crippen LogP contribution is 2.23. The molecular weight excluding hydrogens is 246 g/mol. The van der Waals surface area contributed by atoms with Crippen LogP contribution in [0.25, 0.3) is 0 Å². The number of hydrogen-bond donors (Lipinski definition) is 1. The van der Waals surface area contributed by atoms with E-state index in [4.69, 9.17) is 4.74 Å². The summed E-state index contributed by atoms with van der Waals surface area (Å²) in [6, 6.07) is 0. The maximum atomic E-state index is 11.0. The van der Waals surface area contributed by atoms with E-state index >= 15 is 0 Å². The van der Waals surface area contributed by atoms with Gasteiger partial charge in [0, 0.05) is 37.6 Å². The molecule has 6 nitrogen and oxygen atoms in total. The van der Waals surface area contributed by atoms with Gasteiger partial charge in [-0.1, -0.05) is 0 Å². The van der Waals surface area contributed by atoms with Gasteiger partial charge in [-0.15, -0.1) is 0 Å². The molecule has 0 saturated carbocycles. The first kappa shape index (κ1) is 15.5. The van der Waals surface area contributed by atoms with Gasteiger partial charge in [0.15, 0.2) is 0 Å². The zero-order chi connectivity index (χ0) is 14.3. The molecule has 106 valence electrons. The van der Waals surface area contributed by atoms with Crippen molar-refractivity contribution in [3.05, 3.63) is 33.1 Å². The van der Waals surface area contributed by atoms with Crippen molar-refractivity contribution in [1.29, 1.82) is 0 Å². The van der Waals surface area contributed by atoms with Gasteiger partial charge in [0.1, 0.15) is 0 Å². The van der Waals surface area contributed by atoms with Crippen molar-refractivity contribution >= 4 is 5.69 Å². The summed E-state index contributed by atoms with van der Waals surface area (Å²) in [6.45, 7) is 5.63. The van der Waals surface area contributed by atoms with Gasteiger partial charge in [-0.3, -0.25) is 15.1 Å². The number of aryl methyl sites for hydroxylation is 1. The predicted octanol–water partition coefficient (Wildman–Crippen LogP) is 2.12. The lowest BCUT2D eigenvalue weighted by Gasteiger charge is -2.08. The largest absolute Gasteiger partial charge is 0.385 e. The lowest BCUT2D eigenvalue weighted by atomic mass is 10.1. The number of hydrogen-bond acceptors (Lipinski definition) is 5. The molecule has 6 heteroatoms. The molecule has 0 radical (unpaired) electrons. The molecule has 0 aliphatic rings. The second-order valence-corrected chi connectivity index (χ2v) is 4.50. The highest BCUT2D eigenvalue weighted by Gasteiger charge is 2.18. The van der Waals surface area contributed by atoms with E-state index in [1.807, 2.05) is 0 Å². The fraction of sp³-hybridized carbons (Fsp3) is 0.615. The van der Waals surface area contributed by atoms with Crippen molar-refractivity contribution in [2.45, 2.75) is 33.2 Å². The lowest BCUT2D eigenvalue weighted by molar-refractivity contribution is -0.386. The minimum Gasteiger partial charge on any atom is -0.385 e. The summed E-state index contributed by atoms with van der Waals surface area (Å²) in [5.74, 6) is 0. The van der Waals surface area contributed by atoms with Crippen molar-refractivity contribution in [3.8, 4) is 0 Å². The Morgan fingerprint density at radius 2 is 2.16 bits per heavy atom. The molecule has 19 heavy (non-hydrogen) atoms. The van der Waals surface area contributed by atoms with Crippen LogP contribution in [-0.2, 0) is 11.3 Å². The first-order valence-corrected chi connectivity index (χ1v) is 6.37. The molecule has 0 atom stereocenters. The Bertz CT molecular complexity index is 435. The molecule has 1 aromatic rings. The Morgan fingerprint density at radius 3 is 2.79 bits per heavy atom. The molecule has 0 unspecified atom stereocenters. The SMILES string of the molecule is COCCCCNCc1ncc(C)c([N+](=O)[O-])c1C. The van der Waals surface area contributed by atoms with Gasteiger partial charge in [-0.2, -0.15) is 0 Å². The van der Waals surface area contributed by atoms with Crippen LogP contribution in [0, 0.1) is 24.0 Å². The summed E-state index contributed by atoms with van der Waals surface area (Å²) < 4.78 is 4.97. The minimum absolute atomic E-state index is 0.172. The first-order chi connectivity index (χ1) is 9.07. The zero-order valence-electron chi connectivity index (χ0n) is 11.7. The summed E-state index contributed by atoms with van der Waals surface area (Å²) in [6.07, 6.45) is 3.58. The summed E-state index contributed by atoms with van der Waals surface area (Å²) in [5.41, 5.74) is 2.16. The molecule has 1 rings (SSSR count). The molecule has 0 saturated heterocycles. The summed E-state index contributed by atoms with van der Waals surface area (Å²) >= 11 is 0. The van der Waals surface area contributed by atoms with Crippen LogP contribution in [0.5, 0.6) is 0 Å². The smallest absolute Gasteiger partial charge is 0.278 e. The molecule has 0 spiro atoms. The van der Waals surface area contributed by atoms with Crippen LogP contribution < -0.4 is 5.32 Å². The van der Waals surface area contributed by atoms with Gasteiger partial charge < -0.3 is 10.1 Å². The van der Waals surface area contributed by atoms with E-state index in [-0.39, 0.29) is 10.6 Å². The average molecular weight is 267 g/mol. The maximum Gasteiger partial charge on any atom is 0.278 e. The fourth-order valence-corrected chi connectivity index (χ4v) is 1.93. The van der Waals surface area contributed by atoms with Crippen LogP contribution in [0.2, 0.25) is 0 Å². The molecule has 0 aliphatic carbocycles. The molecule has 0 fully saturated rings. The molecule has 1 N–H and O–H groups in total. The van der Waals surface area contributed by atoms with E-state index in [1.54, 1.807) is 27.2 Å². The number of nitro groups is 1. The van der Waals surface area contributed by atoms with Gasteiger partial charge in [0.2, 0.25) is 0 Å². The fourth-order valence-electron chi connectivity index (χ4n) is 1.93. The number of ether oxygens (including phenoxy) is 1. The van der Waals surface area contributed by atoms with Crippen LogP contribution in [0.3, 0.4) is 0 Å². The van der Waals surface area contributed by atoms with Crippen molar-refractivity contribution in [2.75, 3.05) is 20.3 Å². The number of methoxy groups -OCH3 is 1.